The minimum Gasteiger partial charge on any atom is -0.310 e. The minimum absolute atomic E-state index is 0.0128. The van der Waals surface area contributed by atoms with Crippen LogP contribution in [0.1, 0.15) is 38.4 Å². The van der Waals surface area contributed by atoms with Crippen molar-refractivity contribution in [1.29, 1.82) is 0 Å². The topological polar surface area (TPSA) is 80.6 Å². The number of carbonyl (C=O) groups excluding carboxylic acids is 1. The number of ketones is 1. The largest absolute Gasteiger partial charge is 0.310 e. The second kappa shape index (κ2) is 9.05. The van der Waals surface area contributed by atoms with Crippen molar-refractivity contribution in [3.63, 3.8) is 0 Å². The molecule has 0 aliphatic heterocycles. The fourth-order valence-corrected chi connectivity index (χ4v) is 4.76. The number of halogens is 2. The number of H-pyrrole nitrogens is 1. The van der Waals surface area contributed by atoms with Gasteiger partial charge in [-0.2, -0.15) is 5.10 Å². The number of hydrogen-bond acceptors (Lipinski definition) is 4. The van der Waals surface area contributed by atoms with Gasteiger partial charge in [0.25, 0.3) is 5.56 Å². The van der Waals surface area contributed by atoms with E-state index in [1.54, 1.807) is 12.3 Å². The highest BCUT2D eigenvalue weighted by Crippen LogP contribution is 2.33. The van der Waals surface area contributed by atoms with E-state index in [0.717, 1.165) is 51.9 Å². The van der Waals surface area contributed by atoms with Gasteiger partial charge in [-0.25, -0.2) is 8.78 Å². The average Bonchev–Trinajstić information content (AvgIpc) is 3.51. The molecule has 0 amide bonds. The Labute approximate surface area is 209 Å². The Morgan fingerprint density at radius 1 is 1.03 bits per heavy atom. The van der Waals surface area contributed by atoms with Crippen LogP contribution < -0.4 is 5.56 Å². The molecule has 0 saturated carbocycles. The van der Waals surface area contributed by atoms with Crippen molar-refractivity contribution < 1.29 is 13.6 Å². The smallest absolute Gasteiger partial charge is 0.261 e. The van der Waals surface area contributed by atoms with Crippen molar-refractivity contribution >= 4 is 22.3 Å². The first kappa shape index (κ1) is 22.7. The standard InChI is InChI=1S/C29H20F2N4O2/c30-23-8-5-17(13-24(23)31)16-35-12-2-4-21(29(35)37)28(36)15-27-22-14-18(6-9-26(22)33-34-27)19-7-10-25-20(19)3-1-11-32-25/h1-9,11-14H,10,15-16H2,(H,33,34). The van der Waals surface area contributed by atoms with Crippen LogP contribution in [0.2, 0.25) is 0 Å². The number of aromatic amines is 1. The molecule has 0 atom stereocenters. The zero-order chi connectivity index (χ0) is 25.5. The summed E-state index contributed by atoms with van der Waals surface area (Å²) in [4.78, 5) is 30.7. The minimum atomic E-state index is -0.989. The van der Waals surface area contributed by atoms with Crippen LogP contribution in [0, 0.1) is 11.6 Å². The van der Waals surface area contributed by atoms with Crippen LogP contribution in [-0.4, -0.2) is 25.5 Å². The van der Waals surface area contributed by atoms with Gasteiger partial charge in [0, 0.05) is 29.8 Å². The predicted molar refractivity (Wildman–Crippen MR) is 135 cm³/mol. The Bertz CT molecular complexity index is 1780. The second-order valence-corrected chi connectivity index (χ2v) is 8.96. The van der Waals surface area contributed by atoms with Gasteiger partial charge >= 0.3 is 0 Å². The third-order valence-electron chi connectivity index (χ3n) is 6.62. The van der Waals surface area contributed by atoms with Crippen LogP contribution >= 0.6 is 0 Å². The zero-order valence-corrected chi connectivity index (χ0v) is 19.5. The van der Waals surface area contributed by atoms with Crippen LogP contribution in [0.4, 0.5) is 8.78 Å². The summed E-state index contributed by atoms with van der Waals surface area (Å²) in [6, 6.07) is 16.4. The molecular weight excluding hydrogens is 474 g/mol. The van der Waals surface area contributed by atoms with Gasteiger partial charge in [-0.05, 0) is 59.2 Å². The van der Waals surface area contributed by atoms with Gasteiger partial charge in [0.15, 0.2) is 17.4 Å². The number of hydrogen-bond donors (Lipinski definition) is 1. The summed E-state index contributed by atoms with van der Waals surface area (Å²) < 4.78 is 28.2. The quantitative estimate of drug-likeness (QED) is 0.342. The molecule has 6 rings (SSSR count). The molecule has 8 heteroatoms. The molecule has 0 bridgehead atoms. The summed E-state index contributed by atoms with van der Waals surface area (Å²) in [6.45, 7) is 0.0128. The highest BCUT2D eigenvalue weighted by molar-refractivity contribution is 5.99. The Hall–Kier alpha value is -4.72. The first-order chi connectivity index (χ1) is 18.0. The molecule has 182 valence electrons. The van der Waals surface area contributed by atoms with E-state index in [9.17, 15) is 18.4 Å². The van der Waals surface area contributed by atoms with Crippen LogP contribution in [0.5, 0.6) is 0 Å². The molecule has 0 unspecified atom stereocenters. The van der Waals surface area contributed by atoms with E-state index in [2.05, 4.69) is 21.3 Å². The van der Waals surface area contributed by atoms with Gasteiger partial charge in [0.05, 0.1) is 35.4 Å². The lowest BCUT2D eigenvalue weighted by molar-refractivity contribution is 0.0990. The highest BCUT2D eigenvalue weighted by atomic mass is 19.2. The molecule has 0 radical (unpaired) electrons. The number of nitrogens with one attached hydrogen (secondary N) is 1. The van der Waals surface area contributed by atoms with Gasteiger partial charge in [-0.3, -0.25) is 19.7 Å². The third-order valence-corrected chi connectivity index (χ3v) is 6.62. The number of Topliss-reactive ketones (excluding diaryl/α,β-unsaturated/α-hetero) is 1. The molecule has 0 spiro atoms. The SMILES string of the molecule is O=C(Cc1[nH]nc2ccc(C3=CCc4ncccc43)cc12)c1cccn(Cc2ccc(F)c(F)c2)c1=O. The maximum atomic E-state index is 13.6. The predicted octanol–water partition coefficient (Wildman–Crippen LogP) is 4.86. The van der Waals surface area contributed by atoms with E-state index >= 15 is 0 Å². The number of carbonyl (C=O) groups is 1. The molecule has 1 aliphatic carbocycles. The molecule has 37 heavy (non-hydrogen) atoms. The van der Waals surface area contributed by atoms with Crippen LogP contribution in [0.15, 0.2) is 83.9 Å². The molecule has 1 N–H and O–H groups in total. The van der Waals surface area contributed by atoms with Gasteiger partial charge in [-0.15, -0.1) is 0 Å². The maximum absolute atomic E-state index is 13.6. The monoisotopic (exact) mass is 494 g/mol. The van der Waals surface area contributed by atoms with Gasteiger partial charge in [0.1, 0.15) is 0 Å². The molecule has 3 heterocycles. The number of nitrogens with zero attached hydrogens (tertiary/aromatic N) is 3. The fraction of sp³-hybridized carbons (Fsp3) is 0.103. The van der Waals surface area contributed by atoms with Crippen molar-refractivity contribution in [2.75, 3.05) is 0 Å². The summed E-state index contributed by atoms with van der Waals surface area (Å²) in [5.41, 5.74) is 5.48. The van der Waals surface area contributed by atoms with Crippen LogP contribution in [-0.2, 0) is 19.4 Å². The summed E-state index contributed by atoms with van der Waals surface area (Å²) in [5.74, 6) is -2.31. The number of fused-ring (bicyclic) bond motifs is 2. The van der Waals surface area contributed by atoms with E-state index in [1.165, 1.54) is 22.9 Å². The molecule has 1 aliphatic rings. The number of aromatic nitrogens is 4. The zero-order valence-electron chi connectivity index (χ0n) is 19.5. The molecule has 3 aromatic heterocycles. The lowest BCUT2D eigenvalue weighted by Gasteiger charge is -2.09. The molecular formula is C29H20F2N4O2. The highest BCUT2D eigenvalue weighted by Gasteiger charge is 2.19. The summed E-state index contributed by atoms with van der Waals surface area (Å²) >= 11 is 0. The molecule has 5 aromatic rings. The van der Waals surface area contributed by atoms with Crippen molar-refractivity contribution in [3.05, 3.63) is 135 Å². The summed E-state index contributed by atoms with van der Waals surface area (Å²) in [7, 11) is 0. The van der Waals surface area contributed by atoms with Crippen molar-refractivity contribution in [2.24, 2.45) is 0 Å². The average molecular weight is 495 g/mol. The summed E-state index contributed by atoms with van der Waals surface area (Å²) in [6.07, 6.45) is 6.17. The van der Waals surface area contributed by atoms with Crippen molar-refractivity contribution in [2.45, 2.75) is 19.4 Å². The van der Waals surface area contributed by atoms with Gasteiger partial charge in [-0.1, -0.05) is 24.3 Å². The second-order valence-electron chi connectivity index (χ2n) is 8.96. The molecule has 2 aromatic carbocycles. The Balaban J connectivity index is 1.28. The van der Waals surface area contributed by atoms with Crippen LogP contribution in [0.3, 0.4) is 0 Å². The molecule has 0 fully saturated rings. The Morgan fingerprint density at radius 3 is 2.78 bits per heavy atom. The van der Waals surface area contributed by atoms with Crippen molar-refractivity contribution in [1.82, 2.24) is 19.7 Å². The number of pyridine rings is 2. The maximum Gasteiger partial charge on any atom is 0.261 e. The third kappa shape index (κ3) is 4.16. The first-order valence-electron chi connectivity index (χ1n) is 11.8. The Kier molecular flexibility index (Phi) is 5.56. The van der Waals surface area contributed by atoms with Crippen LogP contribution in [0.25, 0.3) is 16.5 Å². The molecule has 0 saturated heterocycles. The summed E-state index contributed by atoms with van der Waals surface area (Å²) in [5, 5.41) is 8.09. The number of allylic oxidation sites excluding steroid dienone is 1. The van der Waals surface area contributed by atoms with E-state index in [-0.39, 0.29) is 24.3 Å². The molecule has 6 nitrogen and oxygen atoms in total. The first-order valence-corrected chi connectivity index (χ1v) is 11.8. The number of benzene rings is 2. The van der Waals surface area contributed by atoms with E-state index in [1.807, 2.05) is 30.3 Å². The number of rotatable bonds is 6. The lowest BCUT2D eigenvalue weighted by atomic mass is 9.98. The van der Waals surface area contributed by atoms with Gasteiger partial charge in [0.2, 0.25) is 0 Å². The Morgan fingerprint density at radius 2 is 1.92 bits per heavy atom. The van der Waals surface area contributed by atoms with Crippen molar-refractivity contribution in [3.8, 4) is 0 Å². The lowest BCUT2D eigenvalue weighted by Crippen LogP contribution is -2.27. The van der Waals surface area contributed by atoms with E-state index in [4.69, 9.17) is 0 Å². The van der Waals surface area contributed by atoms with Gasteiger partial charge < -0.3 is 4.57 Å². The van der Waals surface area contributed by atoms with E-state index in [0.29, 0.717) is 11.3 Å². The fourth-order valence-electron chi connectivity index (χ4n) is 4.76. The van der Waals surface area contributed by atoms with E-state index < -0.39 is 17.2 Å². The normalized spacial score (nSPS) is 12.5.